The number of fused-ring (bicyclic) bond motifs is 2. The van der Waals surface area contributed by atoms with Crippen molar-refractivity contribution in [1.82, 2.24) is 19.0 Å². The Bertz CT molecular complexity index is 1210. The first kappa shape index (κ1) is 17.8. The van der Waals surface area contributed by atoms with Crippen LogP contribution in [-0.4, -0.2) is 38.6 Å². The molecule has 0 bridgehead atoms. The van der Waals surface area contributed by atoms with Crippen LogP contribution < -0.4 is 4.74 Å². The molecule has 0 saturated carbocycles. The molecule has 0 spiro atoms. The predicted molar refractivity (Wildman–Crippen MR) is 113 cm³/mol. The van der Waals surface area contributed by atoms with Crippen LogP contribution in [0.15, 0.2) is 54.7 Å². The molecule has 0 aliphatic carbocycles. The molecule has 4 aromatic rings. The highest BCUT2D eigenvalue weighted by atomic mass is 16.5. The molecular weight excluding hydrogens is 364 g/mol. The lowest BCUT2D eigenvalue weighted by atomic mass is 10.2. The fourth-order valence-electron chi connectivity index (χ4n) is 4.48. The number of para-hydroxylation sites is 2. The number of aryl methyl sites for hydroxylation is 1. The highest BCUT2D eigenvalue weighted by Gasteiger charge is 2.33. The molecule has 3 heterocycles. The predicted octanol–water partition coefficient (Wildman–Crippen LogP) is 3.90. The first-order chi connectivity index (χ1) is 14.2. The third-order valence-electron chi connectivity index (χ3n) is 5.98. The summed E-state index contributed by atoms with van der Waals surface area (Å²) in [7, 11) is 3.70. The Balaban J connectivity index is 1.42. The van der Waals surface area contributed by atoms with E-state index in [1.165, 1.54) is 0 Å². The van der Waals surface area contributed by atoms with Gasteiger partial charge in [0.2, 0.25) is 5.91 Å². The largest absolute Gasteiger partial charge is 0.497 e. The van der Waals surface area contributed by atoms with Crippen LogP contribution in [0.5, 0.6) is 5.75 Å². The number of likely N-dealkylation sites (tertiary alicyclic amines) is 1. The van der Waals surface area contributed by atoms with Gasteiger partial charge in [0.25, 0.3) is 0 Å². The summed E-state index contributed by atoms with van der Waals surface area (Å²) in [4.78, 5) is 20.1. The van der Waals surface area contributed by atoms with E-state index in [0.717, 1.165) is 52.9 Å². The van der Waals surface area contributed by atoms with Gasteiger partial charge in [-0.25, -0.2) is 4.98 Å². The summed E-state index contributed by atoms with van der Waals surface area (Å²) in [5, 5.41) is 1.07. The molecule has 5 rings (SSSR count). The Morgan fingerprint density at radius 1 is 1.17 bits per heavy atom. The van der Waals surface area contributed by atoms with Gasteiger partial charge in [-0.1, -0.05) is 12.1 Å². The molecule has 148 valence electrons. The van der Waals surface area contributed by atoms with E-state index >= 15 is 0 Å². The Kier molecular flexibility index (Phi) is 4.27. The number of aromatic nitrogens is 3. The SMILES string of the molecule is COc1ccc2c(ccn2CC(=O)N2CCC[C@H]2c2nc3ccccc3n2C)c1. The minimum absolute atomic E-state index is 0.0295. The second-order valence-electron chi connectivity index (χ2n) is 7.63. The molecule has 1 fully saturated rings. The van der Waals surface area contributed by atoms with Crippen LogP contribution in [-0.2, 0) is 18.4 Å². The number of hydrogen-bond donors (Lipinski definition) is 0. The quantitative estimate of drug-likeness (QED) is 0.533. The Labute approximate surface area is 169 Å². The first-order valence-electron chi connectivity index (χ1n) is 9.99. The van der Waals surface area contributed by atoms with Crippen LogP contribution in [0.2, 0.25) is 0 Å². The van der Waals surface area contributed by atoms with Gasteiger partial charge in [-0.2, -0.15) is 0 Å². The van der Waals surface area contributed by atoms with Gasteiger partial charge in [0.1, 0.15) is 18.1 Å². The number of ether oxygens (including phenoxy) is 1. The number of methoxy groups -OCH3 is 1. The van der Waals surface area contributed by atoms with Crippen molar-refractivity contribution in [3.63, 3.8) is 0 Å². The number of carbonyl (C=O) groups is 1. The number of hydrogen-bond acceptors (Lipinski definition) is 3. The van der Waals surface area contributed by atoms with Gasteiger partial charge in [-0.15, -0.1) is 0 Å². The first-order valence-corrected chi connectivity index (χ1v) is 9.99. The zero-order chi connectivity index (χ0) is 20.0. The third kappa shape index (κ3) is 2.95. The molecule has 0 radical (unpaired) electrons. The van der Waals surface area contributed by atoms with Gasteiger partial charge in [-0.3, -0.25) is 4.79 Å². The van der Waals surface area contributed by atoms with Gasteiger partial charge in [0, 0.05) is 30.7 Å². The normalized spacial score (nSPS) is 16.8. The zero-order valence-corrected chi connectivity index (χ0v) is 16.7. The fourth-order valence-corrected chi connectivity index (χ4v) is 4.48. The molecular formula is C23H24N4O2. The van der Waals surface area contributed by atoms with Crippen LogP contribution in [0, 0.1) is 0 Å². The molecule has 6 nitrogen and oxygen atoms in total. The highest BCUT2D eigenvalue weighted by molar-refractivity contribution is 5.85. The molecule has 1 aliphatic rings. The summed E-state index contributed by atoms with van der Waals surface area (Å²) in [6.45, 7) is 1.11. The average Bonchev–Trinajstić information content (AvgIpc) is 3.45. The van der Waals surface area contributed by atoms with E-state index in [-0.39, 0.29) is 11.9 Å². The second-order valence-corrected chi connectivity index (χ2v) is 7.63. The molecule has 29 heavy (non-hydrogen) atoms. The van der Waals surface area contributed by atoms with E-state index < -0.39 is 0 Å². The Hall–Kier alpha value is -3.28. The van der Waals surface area contributed by atoms with Crippen molar-refractivity contribution in [2.45, 2.75) is 25.4 Å². The van der Waals surface area contributed by atoms with Crippen LogP contribution in [0.25, 0.3) is 21.9 Å². The summed E-state index contributed by atoms with van der Waals surface area (Å²) < 4.78 is 9.44. The summed E-state index contributed by atoms with van der Waals surface area (Å²) >= 11 is 0. The summed E-state index contributed by atoms with van der Waals surface area (Å²) in [6.07, 6.45) is 3.93. The van der Waals surface area contributed by atoms with E-state index in [0.29, 0.717) is 6.54 Å². The van der Waals surface area contributed by atoms with Crippen molar-refractivity contribution >= 4 is 27.8 Å². The molecule has 0 unspecified atom stereocenters. The van der Waals surface area contributed by atoms with Crippen molar-refractivity contribution < 1.29 is 9.53 Å². The van der Waals surface area contributed by atoms with E-state index in [1.807, 2.05) is 65.2 Å². The molecule has 1 aliphatic heterocycles. The summed E-state index contributed by atoms with van der Waals surface area (Å²) in [6, 6.07) is 16.1. The number of benzene rings is 2. The molecule has 1 saturated heterocycles. The topological polar surface area (TPSA) is 52.3 Å². The number of carbonyl (C=O) groups excluding carboxylic acids is 1. The standard InChI is InChI=1S/C23H24N4O2/c1-25-20-7-4-3-6-18(20)24-23(25)21-8-5-12-27(21)22(28)15-26-13-11-16-14-17(29-2)9-10-19(16)26/h3-4,6-7,9-11,13-14,21H,5,8,12,15H2,1-2H3/t21-/m0/s1. The average molecular weight is 388 g/mol. The van der Waals surface area contributed by atoms with Crippen LogP contribution >= 0.6 is 0 Å². The number of nitrogens with zero attached hydrogens (tertiary/aromatic N) is 4. The van der Waals surface area contributed by atoms with Crippen LogP contribution in [0.3, 0.4) is 0 Å². The molecule has 2 aromatic heterocycles. The number of rotatable bonds is 4. The van der Waals surface area contributed by atoms with Crippen LogP contribution in [0.4, 0.5) is 0 Å². The second kappa shape index (κ2) is 6.95. The number of amides is 1. The maximum Gasteiger partial charge on any atom is 0.243 e. The van der Waals surface area contributed by atoms with E-state index in [9.17, 15) is 4.79 Å². The maximum absolute atomic E-state index is 13.2. The van der Waals surface area contributed by atoms with E-state index in [2.05, 4.69) is 10.6 Å². The zero-order valence-electron chi connectivity index (χ0n) is 16.7. The lowest BCUT2D eigenvalue weighted by Crippen LogP contribution is -2.34. The monoisotopic (exact) mass is 388 g/mol. The van der Waals surface area contributed by atoms with E-state index in [4.69, 9.17) is 9.72 Å². The maximum atomic E-state index is 13.2. The lowest BCUT2D eigenvalue weighted by molar-refractivity contribution is -0.132. The molecule has 1 atom stereocenters. The lowest BCUT2D eigenvalue weighted by Gasteiger charge is -2.25. The summed E-state index contributed by atoms with van der Waals surface area (Å²) in [5.74, 6) is 1.93. The van der Waals surface area contributed by atoms with Crippen molar-refractivity contribution in [2.24, 2.45) is 7.05 Å². The van der Waals surface area contributed by atoms with Gasteiger partial charge >= 0.3 is 0 Å². The fraction of sp³-hybridized carbons (Fsp3) is 0.304. The Morgan fingerprint density at radius 3 is 2.86 bits per heavy atom. The molecule has 0 N–H and O–H groups in total. The number of imidazole rings is 1. The minimum atomic E-state index is 0.0295. The Morgan fingerprint density at radius 2 is 2.03 bits per heavy atom. The third-order valence-corrected chi connectivity index (χ3v) is 5.98. The van der Waals surface area contributed by atoms with Gasteiger partial charge in [0.15, 0.2) is 0 Å². The highest BCUT2D eigenvalue weighted by Crippen LogP contribution is 2.33. The minimum Gasteiger partial charge on any atom is -0.497 e. The van der Waals surface area contributed by atoms with Crippen molar-refractivity contribution in [2.75, 3.05) is 13.7 Å². The van der Waals surface area contributed by atoms with E-state index in [1.54, 1.807) is 7.11 Å². The smallest absolute Gasteiger partial charge is 0.243 e. The molecule has 2 aromatic carbocycles. The van der Waals surface area contributed by atoms with Gasteiger partial charge < -0.3 is 18.8 Å². The van der Waals surface area contributed by atoms with Crippen molar-refractivity contribution in [3.05, 3.63) is 60.6 Å². The summed E-state index contributed by atoms with van der Waals surface area (Å²) in [5.41, 5.74) is 3.12. The van der Waals surface area contributed by atoms with Gasteiger partial charge in [0.05, 0.1) is 24.2 Å². The molecule has 6 heteroatoms. The van der Waals surface area contributed by atoms with Gasteiger partial charge in [-0.05, 0) is 49.2 Å². The van der Waals surface area contributed by atoms with Crippen LogP contribution in [0.1, 0.15) is 24.7 Å². The van der Waals surface area contributed by atoms with Crippen molar-refractivity contribution in [1.29, 1.82) is 0 Å². The molecule has 1 amide bonds. The van der Waals surface area contributed by atoms with Crippen molar-refractivity contribution in [3.8, 4) is 5.75 Å².